The molecule has 140 valence electrons. The predicted molar refractivity (Wildman–Crippen MR) is 97.9 cm³/mol. The molecule has 0 spiro atoms. The summed E-state index contributed by atoms with van der Waals surface area (Å²) < 4.78 is 52.1. The van der Waals surface area contributed by atoms with E-state index in [1.807, 2.05) is 0 Å². The highest BCUT2D eigenvalue weighted by Crippen LogP contribution is 2.22. The lowest BCUT2D eigenvalue weighted by Gasteiger charge is -2.22. The Labute approximate surface area is 155 Å². The predicted octanol–water partition coefficient (Wildman–Crippen LogP) is 3.80. The molecule has 2 aromatic carbocycles. The zero-order chi connectivity index (χ0) is 19.3. The lowest BCUT2D eigenvalue weighted by Crippen LogP contribution is -2.31. The van der Waals surface area contributed by atoms with Gasteiger partial charge in [-0.2, -0.15) is 0 Å². The fraction of sp³-hybridized carbons (Fsp3) is 0.235. The Morgan fingerprint density at radius 2 is 1.77 bits per heavy atom. The number of para-hydroxylation sites is 1. The van der Waals surface area contributed by atoms with Crippen molar-refractivity contribution < 1.29 is 22.0 Å². The molecule has 9 heteroatoms. The van der Waals surface area contributed by atoms with Crippen molar-refractivity contribution in [3.8, 4) is 0 Å². The molecular weight excluding hydrogens is 386 g/mol. The number of amides is 1. The number of carbonyl (C=O) groups is 1. The van der Waals surface area contributed by atoms with Crippen molar-refractivity contribution in [3.05, 3.63) is 59.1 Å². The van der Waals surface area contributed by atoms with E-state index in [1.165, 1.54) is 12.1 Å². The van der Waals surface area contributed by atoms with Gasteiger partial charge in [0.05, 0.1) is 11.9 Å². The molecule has 0 bridgehead atoms. The van der Waals surface area contributed by atoms with Gasteiger partial charge in [-0.25, -0.2) is 17.2 Å². The van der Waals surface area contributed by atoms with Crippen LogP contribution in [0.25, 0.3) is 0 Å². The summed E-state index contributed by atoms with van der Waals surface area (Å²) in [5, 5.41) is 2.54. The molecule has 2 rings (SSSR count). The first-order valence-corrected chi connectivity index (χ1v) is 9.88. The van der Waals surface area contributed by atoms with Crippen LogP contribution >= 0.6 is 11.6 Å². The monoisotopic (exact) mass is 402 g/mol. The summed E-state index contributed by atoms with van der Waals surface area (Å²) in [5.74, 6) is -2.38. The van der Waals surface area contributed by atoms with Gasteiger partial charge in [0.15, 0.2) is 0 Å². The summed E-state index contributed by atoms with van der Waals surface area (Å²) in [6, 6.07) is 9.56. The van der Waals surface area contributed by atoms with E-state index in [0.717, 1.165) is 22.7 Å². The average molecular weight is 403 g/mol. The Kier molecular flexibility index (Phi) is 6.55. The molecule has 1 amide bonds. The van der Waals surface area contributed by atoms with Crippen LogP contribution in [0.2, 0.25) is 5.02 Å². The molecule has 0 saturated carbocycles. The minimum absolute atomic E-state index is 0.0202. The third-order valence-corrected chi connectivity index (χ3v) is 4.92. The maximum atomic E-state index is 13.5. The molecule has 0 aromatic heterocycles. The maximum absolute atomic E-state index is 13.5. The third-order valence-electron chi connectivity index (χ3n) is 3.49. The van der Waals surface area contributed by atoms with E-state index in [0.29, 0.717) is 10.7 Å². The zero-order valence-electron chi connectivity index (χ0n) is 13.9. The Balaban J connectivity index is 2.00. The van der Waals surface area contributed by atoms with E-state index >= 15 is 0 Å². The van der Waals surface area contributed by atoms with Gasteiger partial charge in [-0.1, -0.05) is 23.7 Å². The van der Waals surface area contributed by atoms with Gasteiger partial charge in [0.2, 0.25) is 15.9 Å². The first-order chi connectivity index (χ1) is 12.2. The van der Waals surface area contributed by atoms with Gasteiger partial charge >= 0.3 is 0 Å². The Morgan fingerprint density at radius 1 is 1.15 bits per heavy atom. The topological polar surface area (TPSA) is 66.5 Å². The molecule has 0 fully saturated rings. The van der Waals surface area contributed by atoms with E-state index in [-0.39, 0.29) is 19.4 Å². The van der Waals surface area contributed by atoms with Gasteiger partial charge in [0.25, 0.3) is 0 Å². The quantitative estimate of drug-likeness (QED) is 0.766. The molecule has 1 N–H and O–H groups in total. The van der Waals surface area contributed by atoms with Gasteiger partial charge in [0.1, 0.15) is 17.3 Å². The maximum Gasteiger partial charge on any atom is 0.232 e. The molecular formula is C17H17ClF2N2O3S. The van der Waals surface area contributed by atoms with E-state index in [2.05, 4.69) is 5.32 Å². The molecule has 2 aromatic rings. The minimum atomic E-state index is -3.58. The fourth-order valence-corrected chi connectivity index (χ4v) is 3.46. The van der Waals surface area contributed by atoms with Gasteiger partial charge in [-0.05, 0) is 36.8 Å². The van der Waals surface area contributed by atoms with Crippen LogP contribution in [0.15, 0.2) is 42.5 Å². The Hall–Kier alpha value is -2.19. The van der Waals surface area contributed by atoms with Crippen molar-refractivity contribution in [1.82, 2.24) is 0 Å². The van der Waals surface area contributed by atoms with Crippen LogP contribution in [0.3, 0.4) is 0 Å². The molecule has 26 heavy (non-hydrogen) atoms. The Bertz CT molecular complexity index is 886. The Morgan fingerprint density at radius 3 is 2.35 bits per heavy atom. The highest BCUT2D eigenvalue weighted by atomic mass is 35.5. The summed E-state index contributed by atoms with van der Waals surface area (Å²) in [5.41, 5.74) is -0.145. The number of hydrogen-bond donors (Lipinski definition) is 1. The van der Waals surface area contributed by atoms with Crippen molar-refractivity contribution in [2.45, 2.75) is 12.8 Å². The van der Waals surface area contributed by atoms with Crippen LogP contribution in [-0.4, -0.2) is 27.1 Å². The molecule has 0 aliphatic carbocycles. The second-order valence-corrected chi connectivity index (χ2v) is 7.91. The first-order valence-electron chi connectivity index (χ1n) is 7.65. The lowest BCUT2D eigenvalue weighted by molar-refractivity contribution is -0.116. The van der Waals surface area contributed by atoms with Gasteiger partial charge in [-0.3, -0.25) is 9.10 Å². The SMILES string of the molecule is CS(=O)(=O)N(CCCC(=O)Nc1c(F)cccc1F)c1cccc(Cl)c1. The molecule has 0 atom stereocenters. The van der Waals surface area contributed by atoms with Crippen molar-refractivity contribution in [2.24, 2.45) is 0 Å². The van der Waals surface area contributed by atoms with E-state index < -0.39 is 33.3 Å². The third kappa shape index (κ3) is 5.40. The molecule has 0 aliphatic heterocycles. The summed E-state index contributed by atoms with van der Waals surface area (Å²) in [6.07, 6.45) is 1.09. The fourth-order valence-electron chi connectivity index (χ4n) is 2.32. The van der Waals surface area contributed by atoms with Gasteiger partial charge in [-0.15, -0.1) is 0 Å². The number of nitrogens with zero attached hydrogens (tertiary/aromatic N) is 1. The number of sulfonamides is 1. The number of hydrogen-bond acceptors (Lipinski definition) is 3. The van der Waals surface area contributed by atoms with Crippen molar-refractivity contribution in [1.29, 1.82) is 0 Å². The number of rotatable bonds is 7. The number of halogens is 3. The standard InChI is InChI=1S/C17H17ClF2N2O3S/c1-26(24,25)22(13-6-2-5-12(18)11-13)10-4-9-16(23)21-17-14(19)7-3-8-15(17)20/h2-3,5-8,11H,4,9-10H2,1H3,(H,21,23). The molecule has 0 aliphatic rings. The van der Waals surface area contributed by atoms with E-state index in [1.54, 1.807) is 18.2 Å². The van der Waals surface area contributed by atoms with Crippen LogP contribution in [0.1, 0.15) is 12.8 Å². The van der Waals surface area contributed by atoms with Crippen LogP contribution in [-0.2, 0) is 14.8 Å². The highest BCUT2D eigenvalue weighted by molar-refractivity contribution is 7.92. The van der Waals surface area contributed by atoms with Crippen LogP contribution in [0, 0.1) is 11.6 Å². The molecule has 0 unspecified atom stereocenters. The number of carbonyl (C=O) groups excluding carboxylic acids is 1. The molecule has 0 heterocycles. The van der Waals surface area contributed by atoms with Crippen molar-refractivity contribution in [3.63, 3.8) is 0 Å². The van der Waals surface area contributed by atoms with Crippen molar-refractivity contribution >= 4 is 38.9 Å². The first kappa shape index (κ1) is 20.1. The highest BCUT2D eigenvalue weighted by Gasteiger charge is 2.18. The van der Waals surface area contributed by atoms with Gasteiger partial charge in [0, 0.05) is 18.0 Å². The zero-order valence-corrected chi connectivity index (χ0v) is 15.4. The smallest absolute Gasteiger partial charge is 0.232 e. The molecule has 0 radical (unpaired) electrons. The number of benzene rings is 2. The van der Waals surface area contributed by atoms with Crippen molar-refractivity contribution in [2.75, 3.05) is 22.4 Å². The van der Waals surface area contributed by atoms with Crippen LogP contribution in [0.5, 0.6) is 0 Å². The largest absolute Gasteiger partial charge is 0.321 e. The summed E-state index contributed by atoms with van der Waals surface area (Å²) in [6.45, 7) is 0.0202. The normalized spacial score (nSPS) is 11.2. The van der Waals surface area contributed by atoms with Gasteiger partial charge < -0.3 is 5.32 Å². The summed E-state index contributed by atoms with van der Waals surface area (Å²) >= 11 is 5.89. The number of anilines is 2. The second-order valence-electron chi connectivity index (χ2n) is 5.56. The summed E-state index contributed by atoms with van der Waals surface area (Å²) in [4.78, 5) is 11.9. The average Bonchev–Trinajstić information content (AvgIpc) is 2.54. The molecule has 5 nitrogen and oxygen atoms in total. The van der Waals surface area contributed by atoms with Crippen LogP contribution < -0.4 is 9.62 Å². The van der Waals surface area contributed by atoms with Crippen LogP contribution in [0.4, 0.5) is 20.2 Å². The van der Waals surface area contributed by atoms with E-state index in [9.17, 15) is 22.0 Å². The minimum Gasteiger partial charge on any atom is -0.321 e. The number of nitrogens with one attached hydrogen (secondary N) is 1. The van der Waals surface area contributed by atoms with E-state index in [4.69, 9.17) is 11.6 Å². The second kappa shape index (κ2) is 8.46. The molecule has 0 saturated heterocycles. The lowest BCUT2D eigenvalue weighted by atomic mass is 10.2. The summed E-state index contributed by atoms with van der Waals surface area (Å²) in [7, 11) is -3.58.